The lowest BCUT2D eigenvalue weighted by Crippen LogP contribution is -2.36. The molecular formula is C21H23ClN4O2. The number of hydrogen-bond acceptors (Lipinski definition) is 4. The lowest BCUT2D eigenvalue weighted by Gasteiger charge is -2.22. The molecule has 7 heteroatoms. The minimum absolute atomic E-state index is 0.164. The van der Waals surface area contributed by atoms with Gasteiger partial charge in [-0.15, -0.1) is 0 Å². The summed E-state index contributed by atoms with van der Waals surface area (Å²) < 4.78 is 6.95. The molecule has 1 aliphatic carbocycles. The number of nitrogens with zero attached hydrogens (tertiary/aromatic N) is 3. The van der Waals surface area contributed by atoms with E-state index >= 15 is 0 Å². The normalized spacial score (nSPS) is 15.0. The topological polar surface area (TPSA) is 69.0 Å². The minimum Gasteiger partial charge on any atom is -0.497 e. The summed E-state index contributed by atoms with van der Waals surface area (Å²) in [7, 11) is 1.63. The smallest absolute Gasteiger partial charge is 0.254 e. The molecule has 1 fully saturated rings. The van der Waals surface area contributed by atoms with E-state index in [0.717, 1.165) is 42.8 Å². The van der Waals surface area contributed by atoms with Gasteiger partial charge in [0.15, 0.2) is 5.65 Å². The van der Waals surface area contributed by atoms with Crippen molar-refractivity contribution >= 4 is 28.5 Å². The van der Waals surface area contributed by atoms with Crippen LogP contribution in [0.15, 0.2) is 30.5 Å². The van der Waals surface area contributed by atoms with E-state index in [2.05, 4.69) is 15.4 Å². The number of halogens is 1. The standard InChI is InChI=1S/C21H23ClN4O2/c1-13-18-19(22)17(21(27)24-14-6-4-3-5-7-14)12-23-20(18)26(25-13)15-8-10-16(28-2)11-9-15/h8-12,14H,3-7H2,1-2H3,(H,24,27). The molecule has 0 radical (unpaired) electrons. The maximum Gasteiger partial charge on any atom is 0.254 e. The maximum atomic E-state index is 12.8. The number of nitrogens with one attached hydrogen (secondary N) is 1. The van der Waals surface area contributed by atoms with Gasteiger partial charge in [-0.25, -0.2) is 9.67 Å². The number of aromatic nitrogens is 3. The monoisotopic (exact) mass is 398 g/mol. The summed E-state index contributed by atoms with van der Waals surface area (Å²) >= 11 is 6.63. The van der Waals surface area contributed by atoms with Gasteiger partial charge in [0, 0.05) is 12.2 Å². The second-order valence-corrected chi connectivity index (χ2v) is 7.57. The van der Waals surface area contributed by atoms with E-state index in [0.29, 0.717) is 21.6 Å². The van der Waals surface area contributed by atoms with Crippen molar-refractivity contribution in [2.45, 2.75) is 45.1 Å². The number of rotatable bonds is 4. The second-order valence-electron chi connectivity index (χ2n) is 7.19. The van der Waals surface area contributed by atoms with Crippen molar-refractivity contribution in [3.63, 3.8) is 0 Å². The third-order valence-corrected chi connectivity index (χ3v) is 5.70. The first-order valence-corrected chi connectivity index (χ1v) is 9.95. The molecule has 3 aromatic rings. The van der Waals surface area contributed by atoms with Crippen LogP contribution in [0.2, 0.25) is 5.02 Å². The van der Waals surface area contributed by atoms with Crippen molar-refractivity contribution in [3.8, 4) is 11.4 Å². The third kappa shape index (κ3) is 3.44. The van der Waals surface area contributed by atoms with Gasteiger partial charge in [0.25, 0.3) is 5.91 Å². The number of carbonyl (C=O) groups is 1. The number of pyridine rings is 1. The quantitative estimate of drug-likeness (QED) is 0.704. The Kier molecular flexibility index (Phi) is 5.22. The Morgan fingerprint density at radius 1 is 1.21 bits per heavy atom. The van der Waals surface area contributed by atoms with Crippen LogP contribution in [-0.2, 0) is 0 Å². The Balaban J connectivity index is 1.69. The molecule has 0 bridgehead atoms. The molecule has 28 heavy (non-hydrogen) atoms. The van der Waals surface area contributed by atoms with Gasteiger partial charge in [-0.1, -0.05) is 30.9 Å². The molecule has 1 amide bonds. The number of aryl methyl sites for hydroxylation is 1. The van der Waals surface area contributed by atoms with Gasteiger partial charge >= 0.3 is 0 Å². The number of carbonyl (C=O) groups excluding carboxylic acids is 1. The zero-order valence-corrected chi connectivity index (χ0v) is 16.8. The van der Waals surface area contributed by atoms with Gasteiger partial charge in [-0.2, -0.15) is 5.10 Å². The highest BCUT2D eigenvalue weighted by Crippen LogP contribution is 2.30. The van der Waals surface area contributed by atoms with Gasteiger partial charge in [0.05, 0.1) is 34.5 Å². The molecule has 1 saturated carbocycles. The molecule has 2 heterocycles. The molecule has 0 saturated heterocycles. The molecular weight excluding hydrogens is 376 g/mol. The highest BCUT2D eigenvalue weighted by molar-refractivity contribution is 6.38. The van der Waals surface area contributed by atoms with Crippen molar-refractivity contribution in [2.75, 3.05) is 7.11 Å². The van der Waals surface area contributed by atoms with E-state index in [9.17, 15) is 4.79 Å². The third-order valence-electron chi connectivity index (χ3n) is 5.31. The van der Waals surface area contributed by atoms with Gasteiger partial charge in [0.1, 0.15) is 5.75 Å². The molecule has 0 atom stereocenters. The molecule has 4 rings (SSSR count). The van der Waals surface area contributed by atoms with E-state index in [1.165, 1.54) is 6.42 Å². The van der Waals surface area contributed by atoms with E-state index < -0.39 is 0 Å². The summed E-state index contributed by atoms with van der Waals surface area (Å²) in [6.45, 7) is 1.87. The van der Waals surface area contributed by atoms with Crippen LogP contribution >= 0.6 is 11.6 Å². The van der Waals surface area contributed by atoms with E-state index in [1.807, 2.05) is 31.2 Å². The Hall–Kier alpha value is -2.60. The zero-order chi connectivity index (χ0) is 19.7. The molecule has 6 nitrogen and oxygen atoms in total. The van der Waals surface area contributed by atoms with Gasteiger partial charge in [0.2, 0.25) is 0 Å². The van der Waals surface area contributed by atoms with Crippen LogP contribution in [0.1, 0.15) is 48.2 Å². The van der Waals surface area contributed by atoms with Crippen LogP contribution in [-0.4, -0.2) is 33.8 Å². The van der Waals surface area contributed by atoms with Gasteiger partial charge in [-0.3, -0.25) is 4.79 Å². The lowest BCUT2D eigenvalue weighted by molar-refractivity contribution is 0.0927. The van der Waals surface area contributed by atoms with Crippen molar-refractivity contribution in [2.24, 2.45) is 0 Å². The average molecular weight is 399 g/mol. The average Bonchev–Trinajstić information content (AvgIpc) is 3.06. The number of fused-ring (bicyclic) bond motifs is 1. The fraction of sp³-hybridized carbons (Fsp3) is 0.381. The number of hydrogen-bond donors (Lipinski definition) is 1. The van der Waals surface area contributed by atoms with Gasteiger partial charge < -0.3 is 10.1 Å². The first kappa shape index (κ1) is 18.7. The number of ether oxygens (including phenoxy) is 1. The fourth-order valence-corrected chi connectivity index (χ4v) is 4.14. The number of methoxy groups -OCH3 is 1. The van der Waals surface area contributed by atoms with Gasteiger partial charge in [-0.05, 0) is 44.0 Å². The summed E-state index contributed by atoms with van der Waals surface area (Å²) in [5.74, 6) is 0.604. The van der Waals surface area contributed by atoms with Crippen LogP contribution in [0.4, 0.5) is 0 Å². The number of amides is 1. The summed E-state index contributed by atoms with van der Waals surface area (Å²) in [6.07, 6.45) is 7.14. The van der Waals surface area contributed by atoms with Crippen LogP contribution in [0.5, 0.6) is 5.75 Å². The van der Waals surface area contributed by atoms with Crippen LogP contribution in [0, 0.1) is 6.92 Å². The molecule has 0 aliphatic heterocycles. The molecule has 1 aromatic carbocycles. The van der Waals surface area contributed by atoms with Crippen molar-refractivity contribution in [1.82, 2.24) is 20.1 Å². The van der Waals surface area contributed by atoms with E-state index in [4.69, 9.17) is 16.3 Å². The summed E-state index contributed by atoms with van der Waals surface area (Å²) in [5, 5.41) is 8.80. The Bertz CT molecular complexity index is 1010. The van der Waals surface area contributed by atoms with Crippen molar-refractivity contribution < 1.29 is 9.53 Å². The molecule has 0 spiro atoms. The summed E-state index contributed by atoms with van der Waals surface area (Å²) in [4.78, 5) is 17.3. The molecule has 1 aliphatic rings. The highest BCUT2D eigenvalue weighted by Gasteiger charge is 2.22. The Labute approximate surface area is 168 Å². The first-order chi connectivity index (χ1) is 13.6. The molecule has 146 valence electrons. The second kappa shape index (κ2) is 7.80. The lowest BCUT2D eigenvalue weighted by atomic mass is 9.95. The number of benzene rings is 1. The van der Waals surface area contributed by atoms with E-state index in [1.54, 1.807) is 18.0 Å². The molecule has 1 N–H and O–H groups in total. The van der Waals surface area contributed by atoms with Crippen molar-refractivity contribution in [3.05, 3.63) is 46.7 Å². The largest absolute Gasteiger partial charge is 0.497 e. The molecule has 0 unspecified atom stereocenters. The SMILES string of the molecule is COc1ccc(-n2nc(C)c3c(Cl)c(C(=O)NC4CCCCC4)cnc32)cc1. The maximum absolute atomic E-state index is 12.8. The highest BCUT2D eigenvalue weighted by atomic mass is 35.5. The Morgan fingerprint density at radius 3 is 2.61 bits per heavy atom. The van der Waals surface area contributed by atoms with Crippen LogP contribution < -0.4 is 10.1 Å². The van der Waals surface area contributed by atoms with Crippen LogP contribution in [0.3, 0.4) is 0 Å². The Morgan fingerprint density at radius 2 is 1.93 bits per heavy atom. The molecule has 2 aromatic heterocycles. The fourth-order valence-electron chi connectivity index (χ4n) is 3.78. The summed E-state index contributed by atoms with van der Waals surface area (Å²) in [6, 6.07) is 7.77. The van der Waals surface area contributed by atoms with E-state index in [-0.39, 0.29) is 11.9 Å². The predicted molar refractivity (Wildman–Crippen MR) is 110 cm³/mol. The van der Waals surface area contributed by atoms with Crippen molar-refractivity contribution in [1.29, 1.82) is 0 Å². The zero-order valence-electron chi connectivity index (χ0n) is 16.0. The minimum atomic E-state index is -0.164. The summed E-state index contributed by atoms with van der Waals surface area (Å²) in [5.41, 5.74) is 2.61. The first-order valence-electron chi connectivity index (χ1n) is 9.57. The van der Waals surface area contributed by atoms with Crippen LogP contribution in [0.25, 0.3) is 16.7 Å². The predicted octanol–water partition coefficient (Wildman–Crippen LogP) is 4.45.